The van der Waals surface area contributed by atoms with Gasteiger partial charge in [0.25, 0.3) is 5.91 Å². The maximum Gasteiger partial charge on any atom is 0.251 e. The van der Waals surface area contributed by atoms with E-state index in [1.807, 2.05) is 7.05 Å². The predicted molar refractivity (Wildman–Crippen MR) is 87.0 cm³/mol. The zero-order valence-corrected chi connectivity index (χ0v) is 13.7. The van der Waals surface area contributed by atoms with E-state index in [1.54, 1.807) is 36.1 Å². The summed E-state index contributed by atoms with van der Waals surface area (Å²) >= 11 is 5.80. The fourth-order valence-corrected chi connectivity index (χ4v) is 2.75. The zero-order valence-electron chi connectivity index (χ0n) is 12.9. The molecule has 1 unspecified atom stereocenters. The summed E-state index contributed by atoms with van der Waals surface area (Å²) in [5, 5.41) is 6.60. The lowest BCUT2D eigenvalue weighted by Gasteiger charge is -2.33. The molecule has 0 aromatic heterocycles. The van der Waals surface area contributed by atoms with E-state index in [0.29, 0.717) is 10.6 Å². The molecule has 0 aliphatic carbocycles. The van der Waals surface area contributed by atoms with Crippen molar-refractivity contribution in [3.05, 3.63) is 34.9 Å². The fourth-order valence-electron chi connectivity index (χ4n) is 2.62. The first-order chi connectivity index (χ1) is 10.5. The number of rotatable bonds is 4. The molecule has 0 saturated carbocycles. The molecule has 1 aromatic rings. The van der Waals surface area contributed by atoms with E-state index in [1.165, 1.54) is 0 Å². The molecule has 2 rings (SSSR count). The van der Waals surface area contributed by atoms with E-state index in [-0.39, 0.29) is 17.9 Å². The second kappa shape index (κ2) is 7.61. The molecule has 2 N–H and O–H groups in total. The highest BCUT2D eigenvalue weighted by atomic mass is 35.5. The van der Waals surface area contributed by atoms with Gasteiger partial charge in [-0.2, -0.15) is 0 Å². The monoisotopic (exact) mass is 323 g/mol. The Labute approximate surface area is 136 Å². The number of carbonyl (C=O) groups excluding carboxylic acids is 2. The van der Waals surface area contributed by atoms with E-state index in [4.69, 9.17) is 11.6 Å². The Kier molecular flexibility index (Phi) is 5.80. The Balaban J connectivity index is 1.92. The van der Waals surface area contributed by atoms with Crippen LogP contribution in [0.25, 0.3) is 0 Å². The van der Waals surface area contributed by atoms with Crippen LogP contribution in [0.4, 0.5) is 0 Å². The second-order valence-electron chi connectivity index (χ2n) is 5.63. The van der Waals surface area contributed by atoms with E-state index >= 15 is 0 Å². The summed E-state index contributed by atoms with van der Waals surface area (Å²) in [5.74, 6) is -0.328. The average Bonchev–Trinajstić information content (AvgIpc) is 2.54. The average molecular weight is 324 g/mol. The summed E-state index contributed by atoms with van der Waals surface area (Å²) < 4.78 is 0. The van der Waals surface area contributed by atoms with Crippen molar-refractivity contribution in [3.63, 3.8) is 0 Å². The van der Waals surface area contributed by atoms with Gasteiger partial charge in [0.05, 0.1) is 0 Å². The SMILES string of the molecule is CC(NC(=O)c1ccc(Cl)cc1)C(=O)N(C)C1CCNCC1. The van der Waals surface area contributed by atoms with Gasteiger partial charge in [0.1, 0.15) is 6.04 Å². The molecule has 6 heteroatoms. The largest absolute Gasteiger partial charge is 0.341 e. The van der Waals surface area contributed by atoms with Crippen LogP contribution in [0.3, 0.4) is 0 Å². The molecule has 1 aliphatic rings. The molecule has 1 fully saturated rings. The number of hydrogen-bond donors (Lipinski definition) is 2. The molecular formula is C16H22ClN3O2. The summed E-state index contributed by atoms with van der Waals surface area (Å²) in [6.45, 7) is 3.56. The molecule has 0 spiro atoms. The third-order valence-electron chi connectivity index (χ3n) is 4.03. The molecule has 1 aliphatic heterocycles. The quantitative estimate of drug-likeness (QED) is 0.886. The Hall–Kier alpha value is -1.59. The van der Waals surface area contributed by atoms with Gasteiger partial charge in [0, 0.05) is 23.7 Å². The topological polar surface area (TPSA) is 61.4 Å². The molecule has 2 amide bonds. The normalized spacial score (nSPS) is 16.9. The van der Waals surface area contributed by atoms with E-state index in [0.717, 1.165) is 25.9 Å². The van der Waals surface area contributed by atoms with Crippen molar-refractivity contribution in [2.75, 3.05) is 20.1 Å². The lowest BCUT2D eigenvalue weighted by atomic mass is 10.0. The lowest BCUT2D eigenvalue weighted by Crippen LogP contribution is -2.51. The summed E-state index contributed by atoms with van der Waals surface area (Å²) in [6, 6.07) is 6.29. The highest BCUT2D eigenvalue weighted by Crippen LogP contribution is 2.12. The van der Waals surface area contributed by atoms with Crippen molar-refractivity contribution in [2.24, 2.45) is 0 Å². The lowest BCUT2D eigenvalue weighted by molar-refractivity contribution is -0.134. The molecule has 120 valence electrons. The van der Waals surface area contributed by atoms with Crippen molar-refractivity contribution < 1.29 is 9.59 Å². The second-order valence-corrected chi connectivity index (χ2v) is 6.07. The van der Waals surface area contributed by atoms with Crippen LogP contribution in [-0.4, -0.2) is 48.9 Å². The van der Waals surface area contributed by atoms with E-state index < -0.39 is 6.04 Å². The molecule has 0 radical (unpaired) electrons. The molecule has 1 heterocycles. The summed E-state index contributed by atoms with van der Waals surface area (Å²) in [6.07, 6.45) is 1.89. The van der Waals surface area contributed by atoms with Crippen molar-refractivity contribution in [3.8, 4) is 0 Å². The summed E-state index contributed by atoms with van der Waals surface area (Å²) in [4.78, 5) is 26.3. The highest BCUT2D eigenvalue weighted by molar-refractivity contribution is 6.30. The van der Waals surface area contributed by atoms with Gasteiger partial charge < -0.3 is 15.5 Å². The van der Waals surface area contributed by atoms with Gasteiger partial charge in [0.2, 0.25) is 5.91 Å². The third-order valence-corrected chi connectivity index (χ3v) is 4.28. The number of amides is 2. The van der Waals surface area contributed by atoms with Gasteiger partial charge in [-0.1, -0.05) is 11.6 Å². The minimum Gasteiger partial charge on any atom is -0.341 e. The molecular weight excluding hydrogens is 302 g/mol. The maximum atomic E-state index is 12.4. The van der Waals surface area contributed by atoms with Crippen LogP contribution in [0, 0.1) is 0 Å². The van der Waals surface area contributed by atoms with Gasteiger partial charge >= 0.3 is 0 Å². The number of carbonyl (C=O) groups is 2. The Morgan fingerprint density at radius 1 is 1.27 bits per heavy atom. The third kappa shape index (κ3) is 4.21. The van der Waals surface area contributed by atoms with Gasteiger partial charge in [-0.25, -0.2) is 0 Å². The van der Waals surface area contributed by atoms with Crippen LogP contribution in [0.15, 0.2) is 24.3 Å². The van der Waals surface area contributed by atoms with E-state index in [2.05, 4.69) is 10.6 Å². The summed E-state index contributed by atoms with van der Waals surface area (Å²) in [7, 11) is 1.81. The number of likely N-dealkylation sites (N-methyl/N-ethyl adjacent to an activating group) is 1. The minimum atomic E-state index is -0.553. The Morgan fingerprint density at radius 3 is 2.45 bits per heavy atom. The standard InChI is InChI=1S/C16H22ClN3O2/c1-11(16(22)20(2)14-7-9-18-10-8-14)19-15(21)12-3-5-13(17)6-4-12/h3-6,11,14,18H,7-10H2,1-2H3,(H,19,21). The highest BCUT2D eigenvalue weighted by Gasteiger charge is 2.26. The Bertz CT molecular complexity index is 527. The van der Waals surface area contributed by atoms with E-state index in [9.17, 15) is 9.59 Å². The number of halogens is 1. The van der Waals surface area contributed by atoms with Crippen LogP contribution in [0.2, 0.25) is 5.02 Å². The molecule has 1 saturated heterocycles. The number of benzene rings is 1. The first kappa shape index (κ1) is 16.8. The smallest absolute Gasteiger partial charge is 0.251 e. The van der Waals surface area contributed by atoms with Crippen LogP contribution >= 0.6 is 11.6 Å². The Morgan fingerprint density at radius 2 is 1.86 bits per heavy atom. The summed E-state index contributed by atoms with van der Waals surface area (Å²) in [5.41, 5.74) is 0.494. The van der Waals surface area contributed by atoms with Gasteiger partial charge in [0.15, 0.2) is 0 Å². The van der Waals surface area contributed by atoms with Crippen molar-refractivity contribution in [2.45, 2.75) is 31.8 Å². The van der Waals surface area contributed by atoms with Crippen molar-refractivity contribution >= 4 is 23.4 Å². The molecule has 1 atom stereocenters. The van der Waals surface area contributed by atoms with Crippen LogP contribution in [0.1, 0.15) is 30.1 Å². The minimum absolute atomic E-state index is 0.0609. The molecule has 1 aromatic carbocycles. The molecule has 5 nitrogen and oxygen atoms in total. The molecule has 0 bridgehead atoms. The number of nitrogens with one attached hydrogen (secondary N) is 2. The predicted octanol–water partition coefficient (Wildman–Crippen LogP) is 1.67. The number of piperidine rings is 1. The van der Waals surface area contributed by atoms with Gasteiger partial charge in [-0.3, -0.25) is 9.59 Å². The maximum absolute atomic E-state index is 12.4. The van der Waals surface area contributed by atoms with Gasteiger partial charge in [-0.05, 0) is 57.1 Å². The number of hydrogen-bond acceptors (Lipinski definition) is 3. The zero-order chi connectivity index (χ0) is 16.1. The van der Waals surface area contributed by atoms with Crippen molar-refractivity contribution in [1.29, 1.82) is 0 Å². The van der Waals surface area contributed by atoms with Crippen molar-refractivity contribution in [1.82, 2.24) is 15.5 Å². The number of nitrogens with zero attached hydrogens (tertiary/aromatic N) is 1. The van der Waals surface area contributed by atoms with Crippen LogP contribution in [-0.2, 0) is 4.79 Å². The van der Waals surface area contributed by atoms with Crippen LogP contribution in [0.5, 0.6) is 0 Å². The first-order valence-corrected chi connectivity index (χ1v) is 7.90. The molecule has 22 heavy (non-hydrogen) atoms. The fraction of sp³-hybridized carbons (Fsp3) is 0.500. The van der Waals surface area contributed by atoms with Gasteiger partial charge in [-0.15, -0.1) is 0 Å². The van der Waals surface area contributed by atoms with Crippen LogP contribution < -0.4 is 10.6 Å². The first-order valence-electron chi connectivity index (χ1n) is 7.53.